The van der Waals surface area contributed by atoms with Crippen LogP contribution in [0.4, 0.5) is 0 Å². The predicted octanol–water partition coefficient (Wildman–Crippen LogP) is 4.18. The van der Waals surface area contributed by atoms with Gasteiger partial charge in [0.1, 0.15) is 0 Å². The molecule has 0 heterocycles. The first-order valence-corrected chi connectivity index (χ1v) is 5.82. The molecule has 1 aromatic rings. The molecule has 1 aliphatic carbocycles. The van der Waals surface area contributed by atoms with Gasteiger partial charge in [-0.2, -0.15) is 0 Å². The van der Waals surface area contributed by atoms with E-state index in [1.807, 2.05) is 0 Å². The van der Waals surface area contributed by atoms with Gasteiger partial charge in [0.15, 0.2) is 0 Å². The molecule has 1 fully saturated rings. The summed E-state index contributed by atoms with van der Waals surface area (Å²) in [6.07, 6.45) is 3.60. The highest BCUT2D eigenvalue weighted by Crippen LogP contribution is 2.38. The average Bonchev–Trinajstić information content (AvgIpc) is 2.57. The van der Waals surface area contributed by atoms with Gasteiger partial charge in [0.2, 0.25) is 0 Å². The monoisotopic (exact) mass is 208 g/mol. The van der Waals surface area contributed by atoms with Crippen LogP contribution in [0.2, 0.25) is 0 Å². The lowest BCUT2D eigenvalue weighted by molar-refractivity contribution is 0.717. The minimum Gasteiger partial charge on any atom is -0.123 e. The number of hydrogen-bond acceptors (Lipinski definition) is 0. The quantitative estimate of drug-likeness (QED) is 0.608. The highest BCUT2D eigenvalue weighted by atomic mass is 35.5. The molecule has 76 valence electrons. The SMILES string of the molecule is Cc1cccc(C2CCC(Cl)C2)c1C. The van der Waals surface area contributed by atoms with Gasteiger partial charge in [0.05, 0.1) is 0 Å². The fraction of sp³-hybridized carbons (Fsp3) is 0.538. The third kappa shape index (κ3) is 1.81. The van der Waals surface area contributed by atoms with E-state index >= 15 is 0 Å². The molecule has 2 atom stereocenters. The maximum absolute atomic E-state index is 6.15. The van der Waals surface area contributed by atoms with Gasteiger partial charge in [0, 0.05) is 5.38 Å². The van der Waals surface area contributed by atoms with Crippen molar-refractivity contribution in [3.8, 4) is 0 Å². The number of aryl methyl sites for hydroxylation is 1. The van der Waals surface area contributed by atoms with E-state index in [1.165, 1.54) is 29.5 Å². The van der Waals surface area contributed by atoms with Gasteiger partial charge in [0.25, 0.3) is 0 Å². The number of benzene rings is 1. The maximum atomic E-state index is 6.15. The molecule has 0 amide bonds. The molecule has 1 heteroatoms. The number of rotatable bonds is 1. The molecule has 0 saturated heterocycles. The highest BCUT2D eigenvalue weighted by molar-refractivity contribution is 6.20. The Hall–Kier alpha value is -0.490. The summed E-state index contributed by atoms with van der Waals surface area (Å²) in [6.45, 7) is 4.41. The molecule has 2 unspecified atom stereocenters. The van der Waals surface area contributed by atoms with E-state index in [1.54, 1.807) is 0 Å². The molecule has 0 radical (unpaired) electrons. The summed E-state index contributed by atoms with van der Waals surface area (Å²) in [7, 11) is 0. The lowest BCUT2D eigenvalue weighted by atomic mass is 9.91. The Morgan fingerprint density at radius 3 is 2.64 bits per heavy atom. The van der Waals surface area contributed by atoms with E-state index in [0.29, 0.717) is 11.3 Å². The Balaban J connectivity index is 2.28. The van der Waals surface area contributed by atoms with Gasteiger partial charge in [-0.1, -0.05) is 18.2 Å². The lowest BCUT2D eigenvalue weighted by Gasteiger charge is -2.14. The molecule has 0 aromatic heterocycles. The first-order valence-electron chi connectivity index (χ1n) is 5.38. The topological polar surface area (TPSA) is 0 Å². The van der Waals surface area contributed by atoms with E-state index in [4.69, 9.17) is 11.6 Å². The molecular weight excluding hydrogens is 192 g/mol. The molecule has 0 N–H and O–H groups in total. The van der Waals surface area contributed by atoms with E-state index in [2.05, 4.69) is 32.0 Å². The van der Waals surface area contributed by atoms with Crippen molar-refractivity contribution in [1.82, 2.24) is 0 Å². The Bertz CT molecular complexity index is 330. The molecule has 14 heavy (non-hydrogen) atoms. The molecule has 2 rings (SSSR count). The Morgan fingerprint density at radius 1 is 1.21 bits per heavy atom. The second kappa shape index (κ2) is 3.94. The van der Waals surface area contributed by atoms with E-state index in [-0.39, 0.29) is 0 Å². The summed E-state index contributed by atoms with van der Waals surface area (Å²) in [4.78, 5) is 0. The van der Waals surface area contributed by atoms with Crippen molar-refractivity contribution in [3.63, 3.8) is 0 Å². The van der Waals surface area contributed by atoms with Crippen LogP contribution in [0.1, 0.15) is 41.9 Å². The smallest absolute Gasteiger partial charge is 0.0342 e. The third-order valence-electron chi connectivity index (χ3n) is 3.45. The fourth-order valence-corrected chi connectivity index (χ4v) is 2.77. The second-order valence-electron chi connectivity index (χ2n) is 4.40. The summed E-state index contributed by atoms with van der Waals surface area (Å²) >= 11 is 6.15. The lowest BCUT2D eigenvalue weighted by Crippen LogP contribution is -1.98. The van der Waals surface area contributed by atoms with E-state index < -0.39 is 0 Å². The van der Waals surface area contributed by atoms with Crippen LogP contribution < -0.4 is 0 Å². The van der Waals surface area contributed by atoms with Crippen molar-refractivity contribution >= 4 is 11.6 Å². The normalized spacial score (nSPS) is 26.8. The number of alkyl halides is 1. The van der Waals surface area contributed by atoms with Crippen LogP contribution >= 0.6 is 11.6 Å². The van der Waals surface area contributed by atoms with Crippen molar-refractivity contribution in [2.75, 3.05) is 0 Å². The van der Waals surface area contributed by atoms with Crippen molar-refractivity contribution in [3.05, 3.63) is 34.9 Å². The molecule has 0 aliphatic heterocycles. The minimum absolute atomic E-state index is 0.403. The first kappa shape index (κ1) is 10.0. The summed E-state index contributed by atoms with van der Waals surface area (Å²) < 4.78 is 0. The van der Waals surface area contributed by atoms with E-state index in [0.717, 1.165) is 6.42 Å². The maximum Gasteiger partial charge on any atom is 0.0342 e. The minimum atomic E-state index is 0.403. The van der Waals surface area contributed by atoms with Crippen molar-refractivity contribution < 1.29 is 0 Å². The molecule has 1 aromatic carbocycles. The molecule has 1 aliphatic rings. The van der Waals surface area contributed by atoms with Crippen LogP contribution in [0.25, 0.3) is 0 Å². The second-order valence-corrected chi connectivity index (χ2v) is 5.01. The summed E-state index contributed by atoms with van der Waals surface area (Å²) in [5, 5.41) is 0.403. The number of halogens is 1. The Morgan fingerprint density at radius 2 is 2.00 bits per heavy atom. The molecule has 1 saturated carbocycles. The zero-order valence-electron chi connectivity index (χ0n) is 8.89. The van der Waals surface area contributed by atoms with Gasteiger partial charge >= 0.3 is 0 Å². The van der Waals surface area contributed by atoms with Crippen molar-refractivity contribution in [1.29, 1.82) is 0 Å². The van der Waals surface area contributed by atoms with E-state index in [9.17, 15) is 0 Å². The Kier molecular flexibility index (Phi) is 2.83. The van der Waals surface area contributed by atoms with Gasteiger partial charge in [-0.15, -0.1) is 11.6 Å². The van der Waals surface area contributed by atoms with Gasteiger partial charge in [-0.05, 0) is 55.7 Å². The van der Waals surface area contributed by atoms with Crippen molar-refractivity contribution in [2.24, 2.45) is 0 Å². The van der Waals surface area contributed by atoms with Crippen LogP contribution in [0, 0.1) is 13.8 Å². The van der Waals surface area contributed by atoms with Crippen LogP contribution in [0.15, 0.2) is 18.2 Å². The van der Waals surface area contributed by atoms with Crippen molar-refractivity contribution in [2.45, 2.75) is 44.4 Å². The van der Waals surface area contributed by atoms with Crippen LogP contribution in [-0.2, 0) is 0 Å². The van der Waals surface area contributed by atoms with Gasteiger partial charge < -0.3 is 0 Å². The molecule has 0 spiro atoms. The van der Waals surface area contributed by atoms with Crippen LogP contribution in [0.3, 0.4) is 0 Å². The first-order chi connectivity index (χ1) is 6.68. The highest BCUT2D eigenvalue weighted by Gasteiger charge is 2.25. The fourth-order valence-electron chi connectivity index (χ4n) is 2.42. The zero-order valence-corrected chi connectivity index (χ0v) is 9.64. The largest absolute Gasteiger partial charge is 0.123 e. The van der Waals surface area contributed by atoms with Crippen LogP contribution in [-0.4, -0.2) is 5.38 Å². The summed E-state index contributed by atoms with van der Waals surface area (Å²) in [6, 6.07) is 6.62. The predicted molar refractivity (Wildman–Crippen MR) is 62.1 cm³/mol. The average molecular weight is 209 g/mol. The zero-order chi connectivity index (χ0) is 10.1. The summed E-state index contributed by atoms with van der Waals surface area (Å²) in [5.41, 5.74) is 4.39. The molecule has 0 nitrogen and oxygen atoms in total. The standard InChI is InChI=1S/C13H17Cl/c1-9-4-3-5-13(10(9)2)11-6-7-12(14)8-11/h3-5,11-12H,6-8H2,1-2H3. The summed E-state index contributed by atoms with van der Waals surface area (Å²) in [5.74, 6) is 0.706. The number of hydrogen-bond donors (Lipinski definition) is 0. The van der Waals surface area contributed by atoms with Crippen LogP contribution in [0.5, 0.6) is 0 Å². The molecule has 0 bridgehead atoms. The Labute approximate surface area is 91.3 Å². The third-order valence-corrected chi connectivity index (χ3v) is 3.85. The van der Waals surface area contributed by atoms with Gasteiger partial charge in [-0.25, -0.2) is 0 Å². The van der Waals surface area contributed by atoms with Gasteiger partial charge in [-0.3, -0.25) is 0 Å². The molecular formula is C13H17Cl.